The zero-order chi connectivity index (χ0) is 17.9. The van der Waals surface area contributed by atoms with Crippen LogP contribution >= 0.6 is 27.3 Å². The van der Waals surface area contributed by atoms with Crippen molar-refractivity contribution in [2.24, 2.45) is 5.92 Å². The smallest absolute Gasteiger partial charge is 0.328 e. The number of rotatable bonds is 5. The summed E-state index contributed by atoms with van der Waals surface area (Å²) in [6.45, 7) is 4.25. The summed E-state index contributed by atoms with van der Waals surface area (Å²) in [6, 6.07) is 2.26. The van der Waals surface area contributed by atoms with Crippen molar-refractivity contribution < 1.29 is 19.1 Å². The number of thiophene rings is 1. The van der Waals surface area contributed by atoms with Crippen LogP contribution < -0.4 is 5.32 Å². The second-order valence-corrected chi connectivity index (χ2v) is 8.47. The molecule has 0 radical (unpaired) electrons. The van der Waals surface area contributed by atoms with E-state index in [0.717, 1.165) is 10.2 Å². The maximum Gasteiger partial charge on any atom is 0.328 e. The molecule has 132 valence electrons. The number of methoxy groups -OCH3 is 1. The highest BCUT2D eigenvalue weighted by Gasteiger charge is 2.39. The summed E-state index contributed by atoms with van der Waals surface area (Å²) < 4.78 is 5.64. The molecule has 6 nitrogen and oxygen atoms in total. The fourth-order valence-corrected chi connectivity index (χ4v) is 4.04. The minimum absolute atomic E-state index is 0.0938. The lowest BCUT2D eigenvalue weighted by Crippen LogP contribution is -2.53. The van der Waals surface area contributed by atoms with Crippen LogP contribution in [0.3, 0.4) is 0 Å². The molecule has 0 spiro atoms. The van der Waals surface area contributed by atoms with Gasteiger partial charge < -0.3 is 15.0 Å². The maximum absolute atomic E-state index is 12.9. The van der Waals surface area contributed by atoms with Crippen LogP contribution in [0.2, 0.25) is 0 Å². The van der Waals surface area contributed by atoms with Gasteiger partial charge in [-0.3, -0.25) is 9.59 Å². The predicted molar refractivity (Wildman–Crippen MR) is 94.9 cm³/mol. The van der Waals surface area contributed by atoms with E-state index >= 15 is 0 Å². The van der Waals surface area contributed by atoms with Crippen LogP contribution in [0.15, 0.2) is 15.9 Å². The second kappa shape index (κ2) is 8.11. The molecule has 1 aromatic rings. The molecule has 1 saturated heterocycles. The number of nitrogens with one attached hydrogen (secondary N) is 1. The number of ether oxygens (including phenoxy) is 1. The Hall–Kier alpha value is -1.41. The lowest BCUT2D eigenvalue weighted by Gasteiger charge is -2.29. The van der Waals surface area contributed by atoms with Gasteiger partial charge in [-0.1, -0.05) is 13.8 Å². The highest BCUT2D eigenvalue weighted by Crippen LogP contribution is 2.24. The van der Waals surface area contributed by atoms with Crippen molar-refractivity contribution in [1.82, 2.24) is 10.2 Å². The Morgan fingerprint density at radius 2 is 2.08 bits per heavy atom. The summed E-state index contributed by atoms with van der Waals surface area (Å²) in [5, 5.41) is 2.81. The Morgan fingerprint density at radius 3 is 2.62 bits per heavy atom. The summed E-state index contributed by atoms with van der Waals surface area (Å²) in [4.78, 5) is 39.2. The van der Waals surface area contributed by atoms with E-state index in [1.165, 1.54) is 23.3 Å². The molecular formula is C16H21BrN2O4S. The van der Waals surface area contributed by atoms with E-state index in [4.69, 9.17) is 4.74 Å². The molecule has 0 bridgehead atoms. The SMILES string of the molecule is COC(=O)[C@@H]1CCCN1C(=O)[C@@H](NC(=O)c1ccc(Br)s1)C(C)C. The van der Waals surface area contributed by atoms with Gasteiger partial charge in [0.05, 0.1) is 15.8 Å². The number of halogens is 1. The quantitative estimate of drug-likeness (QED) is 0.747. The topological polar surface area (TPSA) is 75.7 Å². The molecule has 1 aliphatic rings. The van der Waals surface area contributed by atoms with Crippen molar-refractivity contribution in [2.75, 3.05) is 13.7 Å². The Bertz CT molecular complexity index is 631. The summed E-state index contributed by atoms with van der Waals surface area (Å²) in [7, 11) is 1.32. The minimum atomic E-state index is -0.677. The Labute approximate surface area is 153 Å². The molecular weight excluding hydrogens is 396 g/mol. The van der Waals surface area contributed by atoms with Crippen LogP contribution in [0, 0.1) is 5.92 Å². The first-order chi connectivity index (χ1) is 11.3. The van der Waals surface area contributed by atoms with Crippen molar-refractivity contribution in [3.05, 3.63) is 20.8 Å². The predicted octanol–water partition coefficient (Wildman–Crippen LogP) is 2.43. The van der Waals surface area contributed by atoms with Crippen LogP contribution in [0.1, 0.15) is 36.4 Å². The van der Waals surface area contributed by atoms with Crippen molar-refractivity contribution >= 4 is 45.1 Å². The third-order valence-electron chi connectivity index (χ3n) is 4.03. The van der Waals surface area contributed by atoms with Crippen molar-refractivity contribution in [3.63, 3.8) is 0 Å². The Morgan fingerprint density at radius 1 is 1.38 bits per heavy atom. The molecule has 1 aromatic heterocycles. The maximum atomic E-state index is 12.9. The molecule has 2 rings (SSSR count). The molecule has 0 unspecified atom stereocenters. The molecule has 0 saturated carbocycles. The van der Waals surface area contributed by atoms with E-state index in [-0.39, 0.29) is 17.7 Å². The number of amides is 2. The van der Waals surface area contributed by atoms with Gasteiger partial charge in [-0.2, -0.15) is 0 Å². The van der Waals surface area contributed by atoms with Gasteiger partial charge in [0.25, 0.3) is 5.91 Å². The highest BCUT2D eigenvalue weighted by molar-refractivity contribution is 9.11. The third-order valence-corrected chi connectivity index (χ3v) is 5.65. The van der Waals surface area contributed by atoms with E-state index in [9.17, 15) is 14.4 Å². The van der Waals surface area contributed by atoms with Crippen LogP contribution in [0.25, 0.3) is 0 Å². The first kappa shape index (κ1) is 18.9. The van der Waals surface area contributed by atoms with E-state index in [1.807, 2.05) is 13.8 Å². The van der Waals surface area contributed by atoms with Gasteiger partial charge >= 0.3 is 5.97 Å². The minimum Gasteiger partial charge on any atom is -0.467 e. The molecule has 1 aliphatic heterocycles. The number of esters is 1. The number of hydrogen-bond donors (Lipinski definition) is 1. The monoisotopic (exact) mass is 416 g/mol. The average Bonchev–Trinajstić information content (AvgIpc) is 3.19. The third kappa shape index (κ3) is 4.16. The summed E-state index contributed by atoms with van der Waals surface area (Å²) in [5.74, 6) is -1.02. The van der Waals surface area contributed by atoms with E-state index in [0.29, 0.717) is 17.8 Å². The molecule has 0 aliphatic carbocycles. The number of hydrogen-bond acceptors (Lipinski definition) is 5. The van der Waals surface area contributed by atoms with Gasteiger partial charge in [-0.25, -0.2) is 4.79 Å². The lowest BCUT2D eigenvalue weighted by molar-refractivity contribution is -0.151. The average molecular weight is 417 g/mol. The first-order valence-electron chi connectivity index (χ1n) is 7.79. The molecule has 2 heterocycles. The van der Waals surface area contributed by atoms with Crippen LogP contribution in [-0.4, -0.2) is 48.4 Å². The number of likely N-dealkylation sites (tertiary alicyclic amines) is 1. The standard InChI is InChI=1S/C16H21BrN2O4S/c1-9(2)13(18-14(20)11-6-7-12(17)24-11)15(21)19-8-4-5-10(19)16(22)23-3/h6-7,9-10,13H,4-5,8H2,1-3H3,(H,18,20)/t10-,13-/m0/s1. The van der Waals surface area contributed by atoms with Crippen molar-refractivity contribution in [1.29, 1.82) is 0 Å². The van der Waals surface area contributed by atoms with E-state index in [1.54, 1.807) is 12.1 Å². The molecule has 2 atom stereocenters. The van der Waals surface area contributed by atoms with E-state index < -0.39 is 18.1 Å². The molecule has 1 fully saturated rings. The molecule has 0 aromatic carbocycles. The molecule has 24 heavy (non-hydrogen) atoms. The largest absolute Gasteiger partial charge is 0.467 e. The Kier molecular flexibility index (Phi) is 6.40. The summed E-state index contributed by atoms with van der Waals surface area (Å²) >= 11 is 4.63. The second-order valence-electron chi connectivity index (χ2n) is 6.01. The van der Waals surface area contributed by atoms with Crippen molar-refractivity contribution in [3.8, 4) is 0 Å². The molecule has 1 N–H and O–H groups in total. The first-order valence-corrected chi connectivity index (χ1v) is 9.40. The summed E-state index contributed by atoms with van der Waals surface area (Å²) in [6.07, 6.45) is 1.34. The molecule has 8 heteroatoms. The van der Waals surface area contributed by atoms with Gasteiger partial charge in [-0.05, 0) is 46.8 Å². The van der Waals surface area contributed by atoms with Crippen LogP contribution in [-0.2, 0) is 14.3 Å². The number of carbonyl (C=O) groups is 3. The molecule has 2 amide bonds. The zero-order valence-corrected chi connectivity index (χ0v) is 16.3. The zero-order valence-electron chi connectivity index (χ0n) is 13.9. The van der Waals surface area contributed by atoms with Gasteiger partial charge in [0, 0.05) is 6.54 Å². The lowest BCUT2D eigenvalue weighted by atomic mass is 10.0. The summed E-state index contributed by atoms with van der Waals surface area (Å²) in [5.41, 5.74) is 0. The Balaban J connectivity index is 2.13. The van der Waals surface area contributed by atoms with Gasteiger partial charge in [0.1, 0.15) is 12.1 Å². The van der Waals surface area contributed by atoms with Crippen LogP contribution in [0.4, 0.5) is 0 Å². The fourth-order valence-electron chi connectivity index (χ4n) is 2.75. The van der Waals surface area contributed by atoms with Gasteiger partial charge in [-0.15, -0.1) is 11.3 Å². The van der Waals surface area contributed by atoms with Crippen molar-refractivity contribution in [2.45, 2.75) is 38.8 Å². The van der Waals surface area contributed by atoms with Crippen LogP contribution in [0.5, 0.6) is 0 Å². The highest BCUT2D eigenvalue weighted by atomic mass is 79.9. The fraction of sp³-hybridized carbons (Fsp3) is 0.562. The van der Waals surface area contributed by atoms with Gasteiger partial charge in [0.15, 0.2) is 0 Å². The number of carbonyl (C=O) groups excluding carboxylic acids is 3. The normalized spacial score (nSPS) is 18.5. The number of nitrogens with zero attached hydrogens (tertiary/aromatic N) is 1. The van der Waals surface area contributed by atoms with E-state index in [2.05, 4.69) is 21.2 Å². The van der Waals surface area contributed by atoms with Gasteiger partial charge in [0.2, 0.25) is 5.91 Å².